The van der Waals surface area contributed by atoms with Gasteiger partial charge in [0, 0.05) is 23.7 Å². The van der Waals surface area contributed by atoms with Crippen molar-refractivity contribution in [3.63, 3.8) is 0 Å². The quantitative estimate of drug-likeness (QED) is 0.557. The van der Waals surface area contributed by atoms with Gasteiger partial charge in [0.2, 0.25) is 5.95 Å². The first-order valence-electron chi connectivity index (χ1n) is 8.97. The predicted octanol–water partition coefficient (Wildman–Crippen LogP) is 3.69. The largest absolute Gasteiger partial charge is 0.497 e. The number of fused-ring (bicyclic) bond motifs is 1. The number of nitrogens with zero attached hydrogens (tertiary/aromatic N) is 3. The molecule has 0 saturated carbocycles. The predicted molar refractivity (Wildman–Crippen MR) is 108 cm³/mol. The van der Waals surface area contributed by atoms with E-state index in [4.69, 9.17) is 4.74 Å². The second-order valence-electron chi connectivity index (χ2n) is 6.61. The molecule has 1 amide bonds. The lowest BCUT2D eigenvalue weighted by atomic mass is 10.2. The van der Waals surface area contributed by atoms with Crippen molar-refractivity contribution in [2.75, 3.05) is 12.4 Å². The van der Waals surface area contributed by atoms with Gasteiger partial charge in [-0.25, -0.2) is 4.98 Å². The van der Waals surface area contributed by atoms with E-state index in [-0.39, 0.29) is 5.91 Å². The smallest absolute Gasteiger partial charge is 0.259 e. The SMILES string of the molecule is COc1ccc2nc(NC(=O)c3cc(C)n(Cc4ccccn4)c3C)[nH]c2c1. The van der Waals surface area contributed by atoms with Gasteiger partial charge in [0.15, 0.2) is 0 Å². The van der Waals surface area contributed by atoms with Crippen molar-refractivity contribution in [1.29, 1.82) is 0 Å². The van der Waals surface area contributed by atoms with Crippen LogP contribution in [-0.2, 0) is 6.54 Å². The maximum Gasteiger partial charge on any atom is 0.259 e. The number of ether oxygens (including phenoxy) is 1. The summed E-state index contributed by atoms with van der Waals surface area (Å²) >= 11 is 0. The zero-order valence-corrected chi connectivity index (χ0v) is 16.0. The molecule has 28 heavy (non-hydrogen) atoms. The molecule has 0 radical (unpaired) electrons. The van der Waals surface area contributed by atoms with Crippen LogP contribution in [0.3, 0.4) is 0 Å². The zero-order chi connectivity index (χ0) is 19.7. The van der Waals surface area contributed by atoms with Crippen LogP contribution in [0.15, 0.2) is 48.7 Å². The summed E-state index contributed by atoms with van der Waals surface area (Å²) in [5.74, 6) is 0.932. The summed E-state index contributed by atoms with van der Waals surface area (Å²) in [7, 11) is 1.61. The number of hydrogen-bond acceptors (Lipinski definition) is 4. The van der Waals surface area contributed by atoms with E-state index in [2.05, 4.69) is 24.8 Å². The molecule has 0 saturated heterocycles. The summed E-state index contributed by atoms with van der Waals surface area (Å²) in [5, 5.41) is 2.85. The molecule has 0 atom stereocenters. The molecule has 7 heteroatoms. The second kappa shape index (κ2) is 7.19. The molecular weight excluding hydrogens is 354 g/mol. The molecule has 4 rings (SSSR count). The highest BCUT2D eigenvalue weighted by Crippen LogP contribution is 2.22. The third-order valence-electron chi connectivity index (χ3n) is 4.79. The lowest BCUT2D eigenvalue weighted by molar-refractivity contribution is 0.102. The minimum atomic E-state index is -0.202. The Kier molecular flexibility index (Phi) is 4.57. The average Bonchev–Trinajstić information content (AvgIpc) is 3.23. The third kappa shape index (κ3) is 3.34. The molecule has 4 aromatic rings. The van der Waals surface area contributed by atoms with Gasteiger partial charge in [-0.05, 0) is 44.2 Å². The number of hydrogen-bond donors (Lipinski definition) is 2. The van der Waals surface area contributed by atoms with Crippen molar-refractivity contribution in [2.45, 2.75) is 20.4 Å². The fraction of sp³-hybridized carbons (Fsp3) is 0.190. The van der Waals surface area contributed by atoms with Crippen molar-refractivity contribution in [3.05, 3.63) is 71.3 Å². The molecule has 0 aliphatic rings. The number of aromatic amines is 1. The molecule has 0 fully saturated rings. The molecule has 1 aromatic carbocycles. The molecule has 0 aliphatic heterocycles. The van der Waals surface area contributed by atoms with E-state index in [1.807, 2.05) is 56.3 Å². The lowest BCUT2D eigenvalue weighted by Gasteiger charge is -2.09. The van der Waals surface area contributed by atoms with E-state index in [1.165, 1.54) is 0 Å². The number of pyridine rings is 1. The van der Waals surface area contributed by atoms with Crippen molar-refractivity contribution >= 4 is 22.9 Å². The third-order valence-corrected chi connectivity index (χ3v) is 4.79. The summed E-state index contributed by atoms with van der Waals surface area (Å²) in [6, 6.07) is 13.2. The van der Waals surface area contributed by atoms with Gasteiger partial charge in [-0.1, -0.05) is 6.07 Å². The van der Waals surface area contributed by atoms with Crippen molar-refractivity contribution < 1.29 is 9.53 Å². The zero-order valence-electron chi connectivity index (χ0n) is 16.0. The Hall–Kier alpha value is -3.61. The molecule has 142 valence electrons. The Bertz CT molecular complexity index is 1140. The van der Waals surface area contributed by atoms with Gasteiger partial charge in [-0.3, -0.25) is 15.1 Å². The number of carbonyl (C=O) groups excluding carboxylic acids is 1. The van der Waals surface area contributed by atoms with Crippen LogP contribution >= 0.6 is 0 Å². The number of carbonyl (C=O) groups is 1. The topological polar surface area (TPSA) is 84.8 Å². The molecule has 7 nitrogen and oxygen atoms in total. The van der Waals surface area contributed by atoms with Gasteiger partial charge in [-0.15, -0.1) is 0 Å². The Morgan fingerprint density at radius 1 is 1.21 bits per heavy atom. The van der Waals surface area contributed by atoms with Crippen LogP contribution in [0.25, 0.3) is 11.0 Å². The lowest BCUT2D eigenvalue weighted by Crippen LogP contribution is -2.14. The average molecular weight is 375 g/mol. The van der Waals surface area contributed by atoms with Crippen LogP contribution in [0.5, 0.6) is 5.75 Å². The Morgan fingerprint density at radius 2 is 2.07 bits per heavy atom. The minimum Gasteiger partial charge on any atom is -0.497 e. The van der Waals surface area contributed by atoms with Crippen LogP contribution in [-0.4, -0.2) is 32.5 Å². The molecule has 0 aliphatic carbocycles. The van der Waals surface area contributed by atoms with E-state index in [0.29, 0.717) is 18.1 Å². The summed E-state index contributed by atoms with van der Waals surface area (Å²) in [6.07, 6.45) is 1.77. The first-order valence-corrected chi connectivity index (χ1v) is 8.97. The molecule has 3 heterocycles. The van der Waals surface area contributed by atoms with Gasteiger partial charge in [-0.2, -0.15) is 0 Å². The van der Waals surface area contributed by atoms with Gasteiger partial charge in [0.1, 0.15) is 5.75 Å². The highest BCUT2D eigenvalue weighted by atomic mass is 16.5. The van der Waals surface area contributed by atoms with Crippen molar-refractivity contribution in [1.82, 2.24) is 19.5 Å². The molecule has 0 bridgehead atoms. The number of imidazole rings is 1. The normalized spacial score (nSPS) is 11.0. The second-order valence-corrected chi connectivity index (χ2v) is 6.61. The van der Waals surface area contributed by atoms with Crippen LogP contribution in [0, 0.1) is 13.8 Å². The highest BCUT2D eigenvalue weighted by Gasteiger charge is 2.17. The van der Waals surface area contributed by atoms with E-state index in [0.717, 1.165) is 33.9 Å². The first-order chi connectivity index (χ1) is 13.5. The number of rotatable bonds is 5. The molecule has 2 N–H and O–H groups in total. The Morgan fingerprint density at radius 3 is 2.82 bits per heavy atom. The highest BCUT2D eigenvalue weighted by molar-refractivity contribution is 6.05. The maximum atomic E-state index is 12.8. The number of H-pyrrole nitrogens is 1. The van der Waals surface area contributed by atoms with E-state index in [9.17, 15) is 4.79 Å². The number of amides is 1. The Balaban J connectivity index is 1.57. The minimum absolute atomic E-state index is 0.202. The number of aryl methyl sites for hydroxylation is 1. The van der Waals surface area contributed by atoms with Crippen molar-refractivity contribution in [2.24, 2.45) is 0 Å². The summed E-state index contributed by atoms with van der Waals surface area (Å²) in [6.45, 7) is 4.55. The van der Waals surface area contributed by atoms with Gasteiger partial charge >= 0.3 is 0 Å². The Labute approximate surface area is 162 Å². The molecule has 0 spiro atoms. The summed E-state index contributed by atoms with van der Waals surface area (Å²) in [4.78, 5) is 24.7. The maximum absolute atomic E-state index is 12.8. The molecule has 3 aromatic heterocycles. The van der Waals surface area contributed by atoms with Crippen LogP contribution in [0.1, 0.15) is 27.4 Å². The first kappa shape index (κ1) is 17.8. The molecule has 0 unspecified atom stereocenters. The van der Waals surface area contributed by atoms with Crippen LogP contribution in [0.2, 0.25) is 0 Å². The van der Waals surface area contributed by atoms with E-state index < -0.39 is 0 Å². The summed E-state index contributed by atoms with van der Waals surface area (Å²) in [5.41, 5.74) is 5.02. The van der Waals surface area contributed by atoms with E-state index >= 15 is 0 Å². The van der Waals surface area contributed by atoms with Crippen LogP contribution < -0.4 is 10.1 Å². The van der Waals surface area contributed by atoms with Crippen molar-refractivity contribution in [3.8, 4) is 5.75 Å². The molecular formula is C21H21N5O2. The van der Waals surface area contributed by atoms with E-state index in [1.54, 1.807) is 13.3 Å². The number of anilines is 1. The van der Waals surface area contributed by atoms with Crippen LogP contribution in [0.4, 0.5) is 5.95 Å². The number of methoxy groups -OCH3 is 1. The number of aromatic nitrogens is 4. The number of nitrogens with one attached hydrogen (secondary N) is 2. The summed E-state index contributed by atoms with van der Waals surface area (Å²) < 4.78 is 7.30. The van der Waals surface area contributed by atoms with Gasteiger partial charge < -0.3 is 14.3 Å². The fourth-order valence-electron chi connectivity index (χ4n) is 3.28. The fourth-order valence-corrected chi connectivity index (χ4v) is 3.28. The monoisotopic (exact) mass is 375 g/mol. The number of benzene rings is 1. The van der Waals surface area contributed by atoms with Gasteiger partial charge in [0.25, 0.3) is 5.91 Å². The van der Waals surface area contributed by atoms with Gasteiger partial charge in [0.05, 0.1) is 35.9 Å². The standard InChI is InChI=1S/C21H21N5O2/c1-13-10-17(14(2)26(13)12-15-6-4-5-9-22-15)20(27)25-21-23-18-8-7-16(28-3)11-19(18)24-21/h4-11H,12H2,1-3H3,(H2,23,24,25,27).